The number of carbonyl (C=O) groups excluding carboxylic acids is 3. The van der Waals surface area contributed by atoms with Crippen molar-refractivity contribution in [2.24, 2.45) is 5.10 Å². The van der Waals surface area contributed by atoms with E-state index in [4.69, 9.17) is 9.47 Å². The molecule has 11 heteroatoms. The van der Waals surface area contributed by atoms with Crippen LogP contribution in [0, 0.1) is 11.6 Å². The fraction of sp³-hybridized carbons (Fsp3) is 0.160. The fourth-order valence-electron chi connectivity index (χ4n) is 3.05. The maximum Gasteiger partial charge on any atom is 0.308 e. The lowest BCUT2D eigenvalue weighted by Gasteiger charge is -2.15. The number of halogens is 2. The Morgan fingerprint density at radius 3 is 2.00 bits per heavy atom. The van der Waals surface area contributed by atoms with Gasteiger partial charge >= 0.3 is 5.97 Å². The number of methoxy groups -OCH3 is 1. The first kappa shape index (κ1) is 25.9. The number of esters is 1. The van der Waals surface area contributed by atoms with E-state index in [1.807, 2.05) is 0 Å². The minimum Gasteiger partial charge on any atom is -0.493 e. The molecule has 0 saturated heterocycles. The molecule has 0 aliphatic carbocycles. The molecule has 0 spiro atoms. The number of nitrogens with one attached hydrogen (secondary N) is 2. The highest BCUT2D eigenvalue weighted by Crippen LogP contribution is 2.29. The molecular weight excluding hydrogens is 474 g/mol. The van der Waals surface area contributed by atoms with Crippen LogP contribution >= 0.6 is 0 Å². The van der Waals surface area contributed by atoms with Crippen molar-refractivity contribution in [2.75, 3.05) is 7.11 Å². The summed E-state index contributed by atoms with van der Waals surface area (Å²) in [6, 6.07) is 11.0. The van der Waals surface area contributed by atoms with E-state index in [2.05, 4.69) is 20.8 Å². The van der Waals surface area contributed by atoms with Gasteiger partial charge in [0.2, 0.25) is 5.75 Å². The van der Waals surface area contributed by atoms with Crippen molar-refractivity contribution >= 4 is 23.5 Å². The Balaban J connectivity index is 1.80. The fourth-order valence-corrected chi connectivity index (χ4v) is 3.05. The van der Waals surface area contributed by atoms with Gasteiger partial charge in [0, 0.05) is 30.3 Å². The predicted octanol–water partition coefficient (Wildman–Crippen LogP) is 2.98. The van der Waals surface area contributed by atoms with Crippen LogP contribution in [0.25, 0.3) is 0 Å². The zero-order chi connectivity index (χ0) is 26.2. The van der Waals surface area contributed by atoms with Crippen LogP contribution in [0.1, 0.15) is 35.5 Å². The molecule has 0 radical (unpaired) electrons. The molecular formula is C25H22F2N4O5. The molecule has 9 nitrogen and oxygen atoms in total. The Morgan fingerprint density at radius 1 is 0.944 bits per heavy atom. The summed E-state index contributed by atoms with van der Waals surface area (Å²) in [5.41, 5.74) is 3.27. The number of pyridine rings is 1. The monoisotopic (exact) mass is 496 g/mol. The Morgan fingerprint density at radius 2 is 1.50 bits per heavy atom. The van der Waals surface area contributed by atoms with Gasteiger partial charge in [0.1, 0.15) is 17.7 Å². The standard InChI is InChI=1S/C25H22F2N4O5/c1-14(29-25(34)22-23(36-15(2)32)20(35-3)12-13-28-22)24(33)31-30-21(16-4-8-18(26)9-5-16)17-6-10-19(27)11-7-17/h4-14H,1-3H3,(H,29,34)(H,31,33)/t14-/m0/s1. The van der Waals surface area contributed by atoms with Crippen molar-refractivity contribution in [2.45, 2.75) is 19.9 Å². The lowest BCUT2D eigenvalue weighted by molar-refractivity contribution is -0.132. The number of amides is 2. The van der Waals surface area contributed by atoms with Crippen molar-refractivity contribution in [3.63, 3.8) is 0 Å². The zero-order valence-electron chi connectivity index (χ0n) is 19.5. The Bertz CT molecular complexity index is 1250. The van der Waals surface area contributed by atoms with E-state index in [0.717, 1.165) is 6.92 Å². The zero-order valence-corrected chi connectivity index (χ0v) is 19.5. The molecule has 2 aromatic carbocycles. The molecule has 0 saturated carbocycles. The van der Waals surface area contributed by atoms with Crippen LogP contribution in [-0.4, -0.2) is 41.6 Å². The molecule has 0 bridgehead atoms. The van der Waals surface area contributed by atoms with Gasteiger partial charge < -0.3 is 14.8 Å². The molecule has 2 amide bonds. The van der Waals surface area contributed by atoms with E-state index in [1.165, 1.54) is 74.8 Å². The average molecular weight is 496 g/mol. The number of hydrogen-bond donors (Lipinski definition) is 2. The second-order valence-corrected chi connectivity index (χ2v) is 7.43. The molecule has 0 fully saturated rings. The summed E-state index contributed by atoms with van der Waals surface area (Å²) in [6.07, 6.45) is 1.29. The van der Waals surface area contributed by atoms with E-state index in [9.17, 15) is 23.2 Å². The predicted molar refractivity (Wildman–Crippen MR) is 126 cm³/mol. The van der Waals surface area contributed by atoms with Crippen LogP contribution in [0.15, 0.2) is 65.9 Å². The summed E-state index contributed by atoms with van der Waals surface area (Å²) >= 11 is 0. The highest BCUT2D eigenvalue weighted by Gasteiger charge is 2.24. The third kappa shape index (κ3) is 6.47. The van der Waals surface area contributed by atoms with Crippen LogP contribution in [0.5, 0.6) is 11.5 Å². The molecule has 0 unspecified atom stereocenters. The number of aromatic nitrogens is 1. The van der Waals surface area contributed by atoms with E-state index < -0.39 is 35.5 Å². The quantitative estimate of drug-likeness (QED) is 0.281. The van der Waals surface area contributed by atoms with Crippen LogP contribution in [0.4, 0.5) is 8.78 Å². The summed E-state index contributed by atoms with van der Waals surface area (Å²) in [6.45, 7) is 2.56. The first-order valence-corrected chi connectivity index (χ1v) is 10.6. The highest BCUT2D eigenvalue weighted by atomic mass is 19.1. The number of ether oxygens (including phenoxy) is 2. The highest BCUT2D eigenvalue weighted by molar-refractivity contribution is 6.13. The van der Waals surface area contributed by atoms with Gasteiger partial charge in [-0.25, -0.2) is 19.2 Å². The van der Waals surface area contributed by atoms with Crippen LogP contribution in [0.3, 0.4) is 0 Å². The van der Waals surface area contributed by atoms with E-state index in [-0.39, 0.29) is 22.9 Å². The van der Waals surface area contributed by atoms with Crippen LogP contribution < -0.4 is 20.2 Å². The van der Waals surface area contributed by atoms with Gasteiger partial charge in [0.25, 0.3) is 11.8 Å². The third-order valence-corrected chi connectivity index (χ3v) is 4.80. The maximum absolute atomic E-state index is 13.4. The first-order chi connectivity index (χ1) is 17.2. The van der Waals surface area contributed by atoms with Gasteiger partial charge in [-0.1, -0.05) is 0 Å². The number of hydrogen-bond acceptors (Lipinski definition) is 7. The van der Waals surface area contributed by atoms with Crippen molar-refractivity contribution in [3.05, 3.63) is 89.2 Å². The number of nitrogens with zero attached hydrogens (tertiary/aromatic N) is 2. The van der Waals surface area contributed by atoms with Crippen LogP contribution in [0.2, 0.25) is 0 Å². The van der Waals surface area contributed by atoms with Gasteiger partial charge in [0.05, 0.1) is 12.8 Å². The number of hydrazone groups is 1. The van der Waals surface area contributed by atoms with Gasteiger partial charge in [0.15, 0.2) is 11.4 Å². The largest absolute Gasteiger partial charge is 0.493 e. The van der Waals surface area contributed by atoms with Gasteiger partial charge in [-0.05, 0) is 55.5 Å². The molecule has 186 valence electrons. The molecule has 0 aliphatic heterocycles. The minimum atomic E-state index is -1.10. The molecule has 1 heterocycles. The van der Waals surface area contributed by atoms with E-state index >= 15 is 0 Å². The van der Waals surface area contributed by atoms with Gasteiger partial charge in [-0.3, -0.25) is 14.4 Å². The topological polar surface area (TPSA) is 119 Å². The lowest BCUT2D eigenvalue weighted by atomic mass is 10.0. The molecule has 3 rings (SSSR count). The smallest absolute Gasteiger partial charge is 0.308 e. The summed E-state index contributed by atoms with van der Waals surface area (Å²) in [5.74, 6) is -3.19. The number of carbonyl (C=O) groups is 3. The van der Waals surface area contributed by atoms with Crippen LogP contribution in [-0.2, 0) is 9.59 Å². The molecule has 3 aromatic rings. The minimum absolute atomic E-state index is 0.107. The first-order valence-electron chi connectivity index (χ1n) is 10.6. The third-order valence-electron chi connectivity index (χ3n) is 4.80. The molecule has 36 heavy (non-hydrogen) atoms. The van der Waals surface area contributed by atoms with E-state index in [0.29, 0.717) is 11.1 Å². The van der Waals surface area contributed by atoms with Crippen molar-refractivity contribution in [1.29, 1.82) is 0 Å². The second-order valence-electron chi connectivity index (χ2n) is 7.43. The number of rotatable bonds is 8. The Hall–Kier alpha value is -4.67. The molecule has 1 aromatic heterocycles. The average Bonchev–Trinajstić information content (AvgIpc) is 2.85. The summed E-state index contributed by atoms with van der Waals surface area (Å²) in [7, 11) is 1.33. The van der Waals surface area contributed by atoms with Crippen molar-refractivity contribution < 1.29 is 32.6 Å². The summed E-state index contributed by atoms with van der Waals surface area (Å²) in [4.78, 5) is 40.8. The van der Waals surface area contributed by atoms with Crippen molar-refractivity contribution in [1.82, 2.24) is 15.7 Å². The molecule has 0 aliphatic rings. The number of benzene rings is 2. The summed E-state index contributed by atoms with van der Waals surface area (Å²) < 4.78 is 37.0. The Kier molecular flexibility index (Phi) is 8.39. The lowest BCUT2D eigenvalue weighted by Crippen LogP contribution is -2.44. The molecule has 2 N–H and O–H groups in total. The maximum atomic E-state index is 13.4. The normalized spacial score (nSPS) is 11.1. The van der Waals surface area contributed by atoms with Crippen molar-refractivity contribution in [3.8, 4) is 11.5 Å². The van der Waals surface area contributed by atoms with Gasteiger partial charge in [-0.2, -0.15) is 5.10 Å². The van der Waals surface area contributed by atoms with E-state index in [1.54, 1.807) is 0 Å². The Labute approximate surface area is 205 Å². The summed E-state index contributed by atoms with van der Waals surface area (Å²) in [5, 5.41) is 6.58. The SMILES string of the molecule is COc1ccnc(C(=O)N[C@@H](C)C(=O)NN=C(c2ccc(F)cc2)c2ccc(F)cc2)c1OC(C)=O. The van der Waals surface area contributed by atoms with Gasteiger partial charge in [-0.15, -0.1) is 0 Å². The molecule has 1 atom stereocenters. The second kappa shape index (κ2) is 11.6.